The van der Waals surface area contributed by atoms with Gasteiger partial charge in [-0.2, -0.15) is 0 Å². The zero-order chi connectivity index (χ0) is 19.7. The Morgan fingerprint density at radius 2 is 1.44 bits per heavy atom. The molecule has 0 aliphatic heterocycles. The van der Waals surface area contributed by atoms with Crippen LogP contribution in [0.2, 0.25) is 0 Å². The number of alkyl carbamates (subject to hydrolysis) is 1. The van der Waals surface area contributed by atoms with E-state index < -0.39 is 12.1 Å². The number of benzene rings is 1. The summed E-state index contributed by atoms with van der Waals surface area (Å²) in [6.45, 7) is 1.37. The van der Waals surface area contributed by atoms with Gasteiger partial charge < -0.3 is 20.5 Å². The van der Waals surface area contributed by atoms with Gasteiger partial charge in [-0.3, -0.25) is 9.59 Å². The van der Waals surface area contributed by atoms with Crippen LogP contribution in [0.4, 0.5) is 4.79 Å². The van der Waals surface area contributed by atoms with Gasteiger partial charge in [-0.15, -0.1) is 0 Å². The number of nitrogens with one attached hydrogen (secondary N) is 2. The summed E-state index contributed by atoms with van der Waals surface area (Å²) in [7, 11) is 0. The molecule has 1 aromatic rings. The van der Waals surface area contributed by atoms with Crippen LogP contribution in [-0.4, -0.2) is 36.2 Å². The Morgan fingerprint density at radius 3 is 2.11 bits per heavy atom. The predicted octanol–water partition coefficient (Wildman–Crippen LogP) is 3.23. The lowest BCUT2D eigenvalue weighted by Gasteiger charge is -2.07. The molecule has 0 aliphatic carbocycles. The average Bonchev–Trinajstić information content (AvgIpc) is 2.66. The van der Waals surface area contributed by atoms with Gasteiger partial charge in [-0.05, 0) is 31.2 Å². The van der Waals surface area contributed by atoms with Gasteiger partial charge >= 0.3 is 12.1 Å². The summed E-state index contributed by atoms with van der Waals surface area (Å²) in [4.78, 5) is 33.6. The van der Waals surface area contributed by atoms with Gasteiger partial charge in [0.25, 0.3) is 0 Å². The molecule has 0 spiro atoms. The fraction of sp³-hybridized carbons (Fsp3) is 0.550. The first-order chi connectivity index (χ1) is 13.1. The maximum Gasteiger partial charge on any atom is 0.407 e. The maximum atomic E-state index is 11.6. The highest BCUT2D eigenvalue weighted by Crippen LogP contribution is 2.02. The van der Waals surface area contributed by atoms with Crippen molar-refractivity contribution < 1.29 is 24.2 Å². The molecule has 3 N–H and O–H groups in total. The topological polar surface area (TPSA) is 105 Å². The molecule has 0 aliphatic rings. The zero-order valence-electron chi connectivity index (χ0n) is 15.7. The van der Waals surface area contributed by atoms with Crippen LogP contribution in [0.3, 0.4) is 0 Å². The van der Waals surface area contributed by atoms with E-state index >= 15 is 0 Å². The number of amides is 2. The van der Waals surface area contributed by atoms with Crippen LogP contribution in [0.15, 0.2) is 30.3 Å². The molecule has 1 aromatic carbocycles. The summed E-state index contributed by atoms with van der Waals surface area (Å²) in [6, 6.07) is 9.49. The van der Waals surface area contributed by atoms with E-state index in [2.05, 4.69) is 10.6 Å². The van der Waals surface area contributed by atoms with Crippen LogP contribution in [0.1, 0.15) is 56.9 Å². The molecule has 0 heterocycles. The molecule has 0 atom stereocenters. The summed E-state index contributed by atoms with van der Waals surface area (Å²) in [5.41, 5.74) is 0.945. The third-order valence-electron chi connectivity index (χ3n) is 3.95. The fourth-order valence-electron chi connectivity index (χ4n) is 2.45. The Kier molecular flexibility index (Phi) is 12.1. The van der Waals surface area contributed by atoms with Crippen LogP contribution < -0.4 is 10.6 Å². The third-order valence-corrected chi connectivity index (χ3v) is 3.95. The minimum Gasteiger partial charge on any atom is -0.481 e. The Morgan fingerprint density at radius 1 is 0.815 bits per heavy atom. The molecule has 0 radical (unpaired) electrons. The van der Waals surface area contributed by atoms with Crippen molar-refractivity contribution in [3.8, 4) is 0 Å². The first-order valence-corrected chi connectivity index (χ1v) is 9.51. The molecule has 1 rings (SSSR count). The number of hydrogen-bond donors (Lipinski definition) is 3. The number of aliphatic carboxylic acids is 1. The number of unbranched alkanes of at least 4 members (excludes halogenated alkanes) is 4. The monoisotopic (exact) mass is 378 g/mol. The van der Waals surface area contributed by atoms with E-state index in [4.69, 9.17) is 9.84 Å². The molecule has 7 heteroatoms. The predicted molar refractivity (Wildman–Crippen MR) is 102 cm³/mol. The van der Waals surface area contributed by atoms with Crippen molar-refractivity contribution in [2.24, 2.45) is 0 Å². The Bertz CT molecular complexity index is 563. The van der Waals surface area contributed by atoms with Crippen LogP contribution in [0.25, 0.3) is 0 Å². The van der Waals surface area contributed by atoms with Gasteiger partial charge in [-0.25, -0.2) is 4.79 Å². The summed E-state index contributed by atoms with van der Waals surface area (Å²) in [5, 5.41) is 14.1. The summed E-state index contributed by atoms with van der Waals surface area (Å²) in [6.07, 6.45) is 4.88. The lowest BCUT2D eigenvalue weighted by atomic mass is 10.1. The number of hydrogen-bond acceptors (Lipinski definition) is 4. The number of carbonyl (C=O) groups is 3. The molecular formula is C20H30N2O5. The van der Waals surface area contributed by atoms with E-state index in [1.54, 1.807) is 0 Å². The van der Waals surface area contributed by atoms with Gasteiger partial charge in [0.2, 0.25) is 5.91 Å². The summed E-state index contributed by atoms with van der Waals surface area (Å²) >= 11 is 0. The van der Waals surface area contributed by atoms with Crippen molar-refractivity contribution in [3.63, 3.8) is 0 Å². The Hall–Kier alpha value is -2.57. The SMILES string of the molecule is O=C(O)CCCCCNC(=O)CCCCCNC(=O)OCc1ccccc1. The van der Waals surface area contributed by atoms with Crippen LogP contribution in [-0.2, 0) is 20.9 Å². The lowest BCUT2D eigenvalue weighted by molar-refractivity contribution is -0.137. The van der Waals surface area contributed by atoms with Crippen molar-refractivity contribution in [2.45, 2.75) is 58.0 Å². The number of carboxylic acid groups (broad SMARTS) is 1. The molecular weight excluding hydrogens is 348 g/mol. The van der Waals surface area contributed by atoms with Crippen molar-refractivity contribution in [2.75, 3.05) is 13.1 Å². The van der Waals surface area contributed by atoms with Crippen molar-refractivity contribution >= 4 is 18.0 Å². The van der Waals surface area contributed by atoms with Gasteiger partial charge in [0.15, 0.2) is 0 Å². The van der Waals surface area contributed by atoms with E-state index in [0.29, 0.717) is 25.9 Å². The maximum absolute atomic E-state index is 11.6. The highest BCUT2D eigenvalue weighted by molar-refractivity contribution is 5.75. The molecule has 0 bridgehead atoms. The smallest absolute Gasteiger partial charge is 0.407 e. The fourth-order valence-corrected chi connectivity index (χ4v) is 2.45. The lowest BCUT2D eigenvalue weighted by Crippen LogP contribution is -2.25. The van der Waals surface area contributed by atoms with E-state index in [1.165, 1.54) is 0 Å². The number of ether oxygens (including phenoxy) is 1. The first-order valence-electron chi connectivity index (χ1n) is 9.51. The van der Waals surface area contributed by atoms with Crippen molar-refractivity contribution in [1.82, 2.24) is 10.6 Å². The summed E-state index contributed by atoms with van der Waals surface area (Å²) < 4.78 is 5.11. The number of rotatable bonds is 14. The highest BCUT2D eigenvalue weighted by atomic mass is 16.5. The van der Waals surface area contributed by atoms with Crippen LogP contribution in [0.5, 0.6) is 0 Å². The first kappa shape index (κ1) is 22.5. The quantitative estimate of drug-likeness (QED) is 0.431. The Labute approximate surface area is 160 Å². The molecule has 0 saturated carbocycles. The standard InChI is InChI=1S/C20H30N2O5/c23-18(21-14-8-3-7-13-19(24)25)12-6-2-9-15-22-20(26)27-16-17-10-4-1-5-11-17/h1,4-5,10-11H,2-3,6-9,12-16H2,(H,21,23)(H,22,26)(H,24,25). The minimum atomic E-state index is -0.780. The number of carbonyl (C=O) groups excluding carboxylic acids is 2. The second-order valence-electron chi connectivity index (χ2n) is 6.35. The van der Waals surface area contributed by atoms with Gasteiger partial charge in [0.05, 0.1) is 0 Å². The molecule has 0 unspecified atom stereocenters. The zero-order valence-corrected chi connectivity index (χ0v) is 15.7. The third kappa shape index (κ3) is 13.3. The second kappa shape index (κ2) is 14.6. The van der Waals surface area contributed by atoms with Gasteiger partial charge in [-0.1, -0.05) is 43.2 Å². The van der Waals surface area contributed by atoms with Gasteiger partial charge in [0.1, 0.15) is 6.61 Å². The molecule has 150 valence electrons. The second-order valence-corrected chi connectivity index (χ2v) is 6.35. The van der Waals surface area contributed by atoms with E-state index in [1.807, 2.05) is 30.3 Å². The molecule has 0 aromatic heterocycles. The minimum absolute atomic E-state index is 0.0171. The summed E-state index contributed by atoms with van der Waals surface area (Å²) in [5.74, 6) is -0.763. The van der Waals surface area contributed by atoms with Crippen molar-refractivity contribution in [1.29, 1.82) is 0 Å². The molecule has 7 nitrogen and oxygen atoms in total. The molecule has 27 heavy (non-hydrogen) atoms. The Balaban J connectivity index is 1.89. The highest BCUT2D eigenvalue weighted by Gasteiger charge is 2.03. The van der Waals surface area contributed by atoms with E-state index in [0.717, 1.165) is 37.7 Å². The van der Waals surface area contributed by atoms with E-state index in [-0.39, 0.29) is 18.9 Å². The molecule has 0 fully saturated rings. The molecule has 2 amide bonds. The largest absolute Gasteiger partial charge is 0.481 e. The molecule has 0 saturated heterocycles. The van der Waals surface area contributed by atoms with Gasteiger partial charge in [0, 0.05) is 25.9 Å². The van der Waals surface area contributed by atoms with Crippen molar-refractivity contribution in [3.05, 3.63) is 35.9 Å². The van der Waals surface area contributed by atoms with Crippen LogP contribution >= 0.6 is 0 Å². The number of carboxylic acids is 1. The normalized spacial score (nSPS) is 10.2. The van der Waals surface area contributed by atoms with Crippen LogP contribution in [0, 0.1) is 0 Å². The average molecular weight is 378 g/mol. The van der Waals surface area contributed by atoms with E-state index in [9.17, 15) is 14.4 Å².